The molecule has 0 aliphatic carbocycles. The fraction of sp³-hybridized carbons (Fsp3) is 0.136. The standard InChI is InChI=1S/C22H21N3O4/c1-27-18-6-4-16(5-7-18)21-12-17(8-9-23-21)22(26)25-24-14-15-10-19(28-2)13-20(11-15)29-3/h4-14H,1-3H3,(H,25,26). The van der Waals surface area contributed by atoms with Crippen molar-refractivity contribution in [3.63, 3.8) is 0 Å². The number of rotatable bonds is 7. The summed E-state index contributed by atoms with van der Waals surface area (Å²) in [4.78, 5) is 16.8. The Morgan fingerprint density at radius 2 is 1.55 bits per heavy atom. The van der Waals surface area contributed by atoms with Gasteiger partial charge >= 0.3 is 0 Å². The third-order valence-corrected chi connectivity index (χ3v) is 4.16. The van der Waals surface area contributed by atoms with Gasteiger partial charge in [0.05, 0.1) is 33.2 Å². The minimum absolute atomic E-state index is 0.340. The van der Waals surface area contributed by atoms with Gasteiger partial charge in [-0.2, -0.15) is 5.10 Å². The molecule has 29 heavy (non-hydrogen) atoms. The molecule has 0 saturated carbocycles. The monoisotopic (exact) mass is 391 g/mol. The molecule has 1 heterocycles. The number of hydrazone groups is 1. The average molecular weight is 391 g/mol. The molecule has 7 nitrogen and oxygen atoms in total. The molecule has 0 radical (unpaired) electrons. The molecule has 148 valence electrons. The van der Waals surface area contributed by atoms with E-state index in [2.05, 4.69) is 15.5 Å². The molecule has 3 aromatic rings. The molecule has 1 N–H and O–H groups in total. The van der Waals surface area contributed by atoms with Gasteiger partial charge in [0.15, 0.2) is 0 Å². The van der Waals surface area contributed by atoms with Crippen LogP contribution in [0.1, 0.15) is 15.9 Å². The predicted molar refractivity (Wildman–Crippen MR) is 111 cm³/mol. The molecule has 2 aromatic carbocycles. The lowest BCUT2D eigenvalue weighted by molar-refractivity contribution is 0.0955. The van der Waals surface area contributed by atoms with Crippen molar-refractivity contribution < 1.29 is 19.0 Å². The van der Waals surface area contributed by atoms with Crippen molar-refractivity contribution in [2.75, 3.05) is 21.3 Å². The van der Waals surface area contributed by atoms with E-state index in [9.17, 15) is 4.79 Å². The van der Waals surface area contributed by atoms with Crippen molar-refractivity contribution in [2.45, 2.75) is 0 Å². The van der Waals surface area contributed by atoms with Crippen LogP contribution in [0.25, 0.3) is 11.3 Å². The summed E-state index contributed by atoms with van der Waals surface area (Å²) in [6.07, 6.45) is 3.11. The molecule has 1 aromatic heterocycles. The number of nitrogens with one attached hydrogen (secondary N) is 1. The summed E-state index contributed by atoms with van der Waals surface area (Å²) in [7, 11) is 4.75. The number of hydrogen-bond donors (Lipinski definition) is 1. The molecule has 0 unspecified atom stereocenters. The SMILES string of the molecule is COc1ccc(-c2cc(C(=O)NN=Cc3cc(OC)cc(OC)c3)ccn2)cc1. The Morgan fingerprint density at radius 3 is 2.17 bits per heavy atom. The fourth-order valence-electron chi connectivity index (χ4n) is 2.63. The number of carbonyl (C=O) groups excluding carboxylic acids is 1. The highest BCUT2D eigenvalue weighted by molar-refractivity contribution is 5.95. The maximum Gasteiger partial charge on any atom is 0.271 e. The van der Waals surface area contributed by atoms with Gasteiger partial charge in [-0.25, -0.2) is 5.43 Å². The number of ether oxygens (including phenoxy) is 3. The first-order chi connectivity index (χ1) is 14.1. The quantitative estimate of drug-likeness (QED) is 0.492. The maximum atomic E-state index is 12.4. The van der Waals surface area contributed by atoms with Crippen LogP contribution in [0.4, 0.5) is 0 Å². The van der Waals surface area contributed by atoms with Crippen LogP contribution in [-0.2, 0) is 0 Å². The van der Waals surface area contributed by atoms with Crippen LogP contribution in [0, 0.1) is 0 Å². The van der Waals surface area contributed by atoms with Crippen molar-refractivity contribution in [2.24, 2.45) is 5.10 Å². The first kappa shape index (κ1) is 19.9. The van der Waals surface area contributed by atoms with Crippen LogP contribution in [0.15, 0.2) is 65.9 Å². The smallest absolute Gasteiger partial charge is 0.271 e. The second-order valence-corrected chi connectivity index (χ2v) is 6.00. The minimum atomic E-state index is -0.340. The molecule has 3 rings (SSSR count). The summed E-state index contributed by atoms with van der Waals surface area (Å²) in [5, 5.41) is 4.02. The third-order valence-electron chi connectivity index (χ3n) is 4.16. The highest BCUT2D eigenvalue weighted by Crippen LogP contribution is 2.22. The Balaban J connectivity index is 1.72. The Bertz CT molecular complexity index is 995. The van der Waals surface area contributed by atoms with E-state index in [4.69, 9.17) is 14.2 Å². The van der Waals surface area contributed by atoms with E-state index >= 15 is 0 Å². The van der Waals surface area contributed by atoms with Crippen molar-refractivity contribution in [3.8, 4) is 28.5 Å². The van der Waals surface area contributed by atoms with Crippen LogP contribution in [0.3, 0.4) is 0 Å². The molecule has 0 spiro atoms. The second-order valence-electron chi connectivity index (χ2n) is 6.00. The van der Waals surface area contributed by atoms with E-state index in [0.717, 1.165) is 16.9 Å². The molecule has 0 atom stereocenters. The lowest BCUT2D eigenvalue weighted by atomic mass is 10.1. The summed E-state index contributed by atoms with van der Waals surface area (Å²) < 4.78 is 15.6. The van der Waals surface area contributed by atoms with Gasteiger partial charge in [-0.05, 0) is 48.5 Å². The summed E-state index contributed by atoms with van der Waals surface area (Å²) in [5.74, 6) is 1.69. The molecule has 0 saturated heterocycles. The normalized spacial score (nSPS) is 10.6. The molecule has 7 heteroatoms. The number of pyridine rings is 1. The second kappa shape index (κ2) is 9.36. The molecule has 0 aliphatic rings. The molecule has 1 amide bonds. The minimum Gasteiger partial charge on any atom is -0.497 e. The first-order valence-electron chi connectivity index (χ1n) is 8.80. The van der Waals surface area contributed by atoms with Crippen LogP contribution >= 0.6 is 0 Å². The number of amides is 1. The van der Waals surface area contributed by atoms with E-state index in [-0.39, 0.29) is 5.91 Å². The number of hydrogen-bond acceptors (Lipinski definition) is 6. The molecular weight excluding hydrogens is 370 g/mol. The lowest BCUT2D eigenvalue weighted by Crippen LogP contribution is -2.17. The summed E-state index contributed by atoms with van der Waals surface area (Å²) in [5.41, 5.74) is 5.27. The van der Waals surface area contributed by atoms with Crippen LogP contribution < -0.4 is 19.6 Å². The average Bonchev–Trinajstić information content (AvgIpc) is 2.78. The van der Waals surface area contributed by atoms with Crippen molar-refractivity contribution >= 4 is 12.1 Å². The molecule has 0 bridgehead atoms. The number of carbonyl (C=O) groups is 1. The maximum absolute atomic E-state index is 12.4. The van der Waals surface area contributed by atoms with Gasteiger partial charge in [-0.15, -0.1) is 0 Å². The van der Waals surface area contributed by atoms with Crippen LogP contribution in [0.2, 0.25) is 0 Å². The van der Waals surface area contributed by atoms with Gasteiger partial charge in [0.25, 0.3) is 5.91 Å². The fourth-order valence-corrected chi connectivity index (χ4v) is 2.63. The third kappa shape index (κ3) is 5.10. The zero-order valence-electron chi connectivity index (χ0n) is 16.4. The molecular formula is C22H21N3O4. The van der Waals surface area contributed by atoms with E-state index in [0.29, 0.717) is 22.8 Å². The highest BCUT2D eigenvalue weighted by atomic mass is 16.5. The van der Waals surface area contributed by atoms with E-state index in [1.54, 1.807) is 57.9 Å². The van der Waals surface area contributed by atoms with Gasteiger partial charge < -0.3 is 14.2 Å². The van der Waals surface area contributed by atoms with Gasteiger partial charge in [0.1, 0.15) is 17.2 Å². The van der Waals surface area contributed by atoms with Gasteiger partial charge in [-0.1, -0.05) is 0 Å². The Kier molecular flexibility index (Phi) is 6.42. The highest BCUT2D eigenvalue weighted by Gasteiger charge is 2.08. The lowest BCUT2D eigenvalue weighted by Gasteiger charge is -2.06. The zero-order valence-corrected chi connectivity index (χ0v) is 16.4. The first-order valence-corrected chi connectivity index (χ1v) is 8.80. The Hall–Kier alpha value is -3.87. The largest absolute Gasteiger partial charge is 0.497 e. The number of aromatic nitrogens is 1. The van der Waals surface area contributed by atoms with Gasteiger partial charge in [-0.3, -0.25) is 9.78 Å². The van der Waals surface area contributed by atoms with E-state index < -0.39 is 0 Å². The van der Waals surface area contributed by atoms with E-state index in [1.165, 1.54) is 6.21 Å². The van der Waals surface area contributed by atoms with Gasteiger partial charge in [0, 0.05) is 29.0 Å². The van der Waals surface area contributed by atoms with Crippen LogP contribution in [0.5, 0.6) is 17.2 Å². The Labute approximate surface area is 169 Å². The predicted octanol–water partition coefficient (Wildman–Crippen LogP) is 3.54. The van der Waals surface area contributed by atoms with E-state index in [1.807, 2.05) is 24.3 Å². The summed E-state index contributed by atoms with van der Waals surface area (Å²) in [6, 6.07) is 16.1. The summed E-state index contributed by atoms with van der Waals surface area (Å²) >= 11 is 0. The van der Waals surface area contributed by atoms with Crippen molar-refractivity contribution in [3.05, 3.63) is 71.9 Å². The number of nitrogens with zero attached hydrogens (tertiary/aromatic N) is 2. The number of benzene rings is 2. The topological polar surface area (TPSA) is 82.0 Å². The zero-order chi connectivity index (χ0) is 20.6. The molecule has 0 fully saturated rings. The van der Waals surface area contributed by atoms with Crippen molar-refractivity contribution in [1.29, 1.82) is 0 Å². The Morgan fingerprint density at radius 1 is 0.897 bits per heavy atom. The molecule has 0 aliphatic heterocycles. The summed E-state index contributed by atoms with van der Waals surface area (Å²) in [6.45, 7) is 0. The van der Waals surface area contributed by atoms with Crippen molar-refractivity contribution in [1.82, 2.24) is 10.4 Å². The van der Waals surface area contributed by atoms with Crippen LogP contribution in [-0.4, -0.2) is 38.4 Å². The number of methoxy groups -OCH3 is 3. The van der Waals surface area contributed by atoms with Gasteiger partial charge in [0.2, 0.25) is 0 Å².